The molecular weight excluding hydrogens is 418 g/mol. The zero-order valence-corrected chi connectivity index (χ0v) is 18.7. The molecule has 1 aliphatic carbocycles. The van der Waals surface area contributed by atoms with Crippen LogP contribution in [0, 0.1) is 5.92 Å². The number of halogens is 1. The Morgan fingerprint density at radius 2 is 1.87 bits per heavy atom. The van der Waals surface area contributed by atoms with Gasteiger partial charge in [-0.25, -0.2) is 4.98 Å². The van der Waals surface area contributed by atoms with Gasteiger partial charge in [-0.05, 0) is 44.9 Å². The first-order valence-electron chi connectivity index (χ1n) is 11.6. The van der Waals surface area contributed by atoms with Crippen molar-refractivity contribution in [3.05, 3.63) is 21.6 Å². The number of hydrogen-bond acceptors (Lipinski definition) is 6. The molecule has 1 amide bonds. The number of rotatable bonds is 2. The van der Waals surface area contributed by atoms with Crippen LogP contribution in [0.1, 0.15) is 49.8 Å². The summed E-state index contributed by atoms with van der Waals surface area (Å²) in [6, 6.07) is 0.943. The van der Waals surface area contributed by atoms with E-state index >= 15 is 0 Å². The predicted molar refractivity (Wildman–Crippen MR) is 119 cm³/mol. The number of nitrogens with one attached hydrogen (secondary N) is 2. The van der Waals surface area contributed by atoms with Gasteiger partial charge in [-0.1, -0.05) is 0 Å². The van der Waals surface area contributed by atoms with E-state index in [-0.39, 0.29) is 29.3 Å². The second-order valence-electron chi connectivity index (χ2n) is 9.81. The molecule has 0 saturated carbocycles. The highest BCUT2D eigenvalue weighted by atomic mass is 35.5. The number of aromatic amines is 1. The Morgan fingerprint density at radius 3 is 2.55 bits per heavy atom. The van der Waals surface area contributed by atoms with Crippen LogP contribution < -0.4 is 15.8 Å². The third-order valence-corrected chi connectivity index (χ3v) is 8.32. The highest BCUT2D eigenvalue weighted by Gasteiger charge is 2.48. The maximum absolute atomic E-state index is 13.2. The number of H-pyrrole nitrogens is 1. The van der Waals surface area contributed by atoms with Crippen LogP contribution in [0.4, 0.5) is 5.95 Å². The van der Waals surface area contributed by atoms with E-state index in [0.29, 0.717) is 37.2 Å². The first-order chi connectivity index (χ1) is 14.6. The van der Waals surface area contributed by atoms with Gasteiger partial charge in [0, 0.05) is 49.2 Å². The Morgan fingerprint density at radius 1 is 1.10 bits per heavy atom. The normalized spacial score (nSPS) is 31.0. The molecule has 31 heavy (non-hydrogen) atoms. The fourth-order valence-corrected chi connectivity index (χ4v) is 6.54. The van der Waals surface area contributed by atoms with Crippen molar-refractivity contribution >= 4 is 24.3 Å². The first kappa shape index (κ1) is 21.2. The average molecular weight is 450 g/mol. The van der Waals surface area contributed by atoms with Crippen molar-refractivity contribution in [3.63, 3.8) is 0 Å². The lowest BCUT2D eigenvalue weighted by Crippen LogP contribution is -2.48. The van der Waals surface area contributed by atoms with E-state index in [1.807, 2.05) is 0 Å². The Kier molecular flexibility index (Phi) is 5.51. The lowest BCUT2D eigenvalue weighted by Gasteiger charge is -2.41. The molecule has 6 rings (SSSR count). The number of morpholine rings is 1. The van der Waals surface area contributed by atoms with Crippen molar-refractivity contribution in [2.45, 2.75) is 62.4 Å². The number of nitrogens with zero attached hydrogens (tertiary/aromatic N) is 3. The van der Waals surface area contributed by atoms with Crippen LogP contribution in [0.15, 0.2) is 4.79 Å². The molecule has 0 radical (unpaired) electrons. The zero-order valence-electron chi connectivity index (χ0n) is 17.9. The molecule has 1 aromatic heterocycles. The SMILES string of the molecule is Cl.O=C([C@H]1C[C@H]2CC[C@@H]1N2)N1CCC2(CCc3c2nc(N2CCOCC2)[nH]c3=O)CC1. The number of anilines is 1. The van der Waals surface area contributed by atoms with Crippen LogP contribution >= 0.6 is 12.4 Å². The van der Waals surface area contributed by atoms with Crippen LogP contribution in [0.3, 0.4) is 0 Å². The van der Waals surface area contributed by atoms with Crippen molar-refractivity contribution in [3.8, 4) is 0 Å². The summed E-state index contributed by atoms with van der Waals surface area (Å²) >= 11 is 0. The average Bonchev–Trinajstić information content (AvgIpc) is 3.50. The smallest absolute Gasteiger partial charge is 0.255 e. The molecule has 0 unspecified atom stereocenters. The minimum atomic E-state index is -0.0473. The Hall–Kier alpha value is -1.64. The maximum atomic E-state index is 13.2. The minimum absolute atomic E-state index is 0. The highest BCUT2D eigenvalue weighted by molar-refractivity contribution is 5.85. The van der Waals surface area contributed by atoms with Gasteiger partial charge >= 0.3 is 0 Å². The molecule has 3 atom stereocenters. The molecule has 1 spiro atoms. The molecule has 9 heteroatoms. The molecule has 170 valence electrons. The standard InChI is InChI=1S/C22H31N5O3.ClH/c28-19-15-3-4-22(18(15)24-21(25-19)27-9-11-30-12-10-27)5-7-26(8-6-22)20(29)16-13-14-1-2-17(16)23-14;/h14,16-17,23H,1-13H2,(H,24,25,28);1H/t14-,16+,17+;/m1./s1. The zero-order chi connectivity index (χ0) is 20.3. The number of carbonyl (C=O) groups excluding carboxylic acids is 1. The minimum Gasteiger partial charge on any atom is -0.378 e. The van der Waals surface area contributed by atoms with Crippen LogP contribution in [0.5, 0.6) is 0 Å². The summed E-state index contributed by atoms with van der Waals surface area (Å²) in [6.45, 7) is 4.42. The van der Waals surface area contributed by atoms with Crippen LogP contribution in [0.2, 0.25) is 0 Å². The van der Waals surface area contributed by atoms with Gasteiger partial charge < -0.3 is 19.9 Å². The second kappa shape index (κ2) is 8.05. The van der Waals surface area contributed by atoms with E-state index in [9.17, 15) is 9.59 Å². The molecule has 4 saturated heterocycles. The van der Waals surface area contributed by atoms with Crippen LogP contribution in [0.25, 0.3) is 0 Å². The summed E-state index contributed by atoms with van der Waals surface area (Å²) in [5.41, 5.74) is 1.84. The molecule has 2 bridgehead atoms. The number of amides is 1. The summed E-state index contributed by atoms with van der Waals surface area (Å²) in [5, 5.41) is 3.59. The van der Waals surface area contributed by atoms with Gasteiger partial charge in [-0.15, -0.1) is 12.4 Å². The molecule has 1 aromatic rings. The van der Waals surface area contributed by atoms with E-state index in [2.05, 4.69) is 20.1 Å². The van der Waals surface area contributed by atoms with Crippen molar-refractivity contribution in [1.82, 2.24) is 20.2 Å². The van der Waals surface area contributed by atoms with Crippen LogP contribution in [-0.2, 0) is 21.4 Å². The molecule has 2 N–H and O–H groups in total. The molecule has 4 aliphatic heterocycles. The number of piperidine rings is 1. The fourth-order valence-electron chi connectivity index (χ4n) is 6.54. The van der Waals surface area contributed by atoms with Gasteiger partial charge in [-0.2, -0.15) is 0 Å². The number of hydrogen-bond donors (Lipinski definition) is 2. The Balaban J connectivity index is 0.00000204. The number of aromatic nitrogens is 2. The third-order valence-electron chi connectivity index (χ3n) is 8.32. The lowest BCUT2D eigenvalue weighted by atomic mass is 9.75. The van der Waals surface area contributed by atoms with Crippen molar-refractivity contribution in [1.29, 1.82) is 0 Å². The molecular formula is C22H32ClN5O3. The lowest BCUT2D eigenvalue weighted by molar-refractivity contribution is -0.137. The number of fused-ring (bicyclic) bond motifs is 4. The van der Waals surface area contributed by atoms with Gasteiger partial charge in [0.05, 0.1) is 24.8 Å². The van der Waals surface area contributed by atoms with E-state index < -0.39 is 0 Å². The van der Waals surface area contributed by atoms with E-state index in [1.165, 1.54) is 6.42 Å². The second-order valence-corrected chi connectivity index (χ2v) is 9.81. The number of carbonyl (C=O) groups is 1. The van der Waals surface area contributed by atoms with E-state index in [0.717, 1.165) is 76.0 Å². The molecule has 5 aliphatic rings. The largest absolute Gasteiger partial charge is 0.378 e. The van der Waals surface area contributed by atoms with Gasteiger partial charge in [0.25, 0.3) is 5.56 Å². The van der Waals surface area contributed by atoms with Gasteiger partial charge in [0.15, 0.2) is 0 Å². The summed E-state index contributed by atoms with van der Waals surface area (Å²) < 4.78 is 5.45. The van der Waals surface area contributed by atoms with Gasteiger partial charge in [-0.3, -0.25) is 14.6 Å². The predicted octanol–water partition coefficient (Wildman–Crippen LogP) is 0.975. The summed E-state index contributed by atoms with van der Waals surface area (Å²) in [5.74, 6) is 1.20. The molecule has 4 fully saturated rings. The summed E-state index contributed by atoms with van der Waals surface area (Å²) in [7, 11) is 0. The number of likely N-dealkylation sites (tertiary alicyclic amines) is 1. The topological polar surface area (TPSA) is 90.6 Å². The quantitative estimate of drug-likeness (QED) is 0.699. The van der Waals surface area contributed by atoms with Gasteiger partial charge in [0.1, 0.15) is 0 Å². The number of ether oxygens (including phenoxy) is 1. The monoisotopic (exact) mass is 449 g/mol. The first-order valence-corrected chi connectivity index (χ1v) is 11.6. The maximum Gasteiger partial charge on any atom is 0.255 e. The Bertz CT molecular complexity index is 907. The highest BCUT2D eigenvalue weighted by Crippen LogP contribution is 2.45. The van der Waals surface area contributed by atoms with Crippen LogP contribution in [-0.4, -0.2) is 72.3 Å². The van der Waals surface area contributed by atoms with Crippen molar-refractivity contribution in [2.24, 2.45) is 5.92 Å². The summed E-state index contributed by atoms with van der Waals surface area (Å²) in [6.07, 6.45) is 6.98. The Labute approximate surface area is 188 Å². The third kappa shape index (κ3) is 3.47. The molecule has 5 heterocycles. The van der Waals surface area contributed by atoms with Crippen molar-refractivity contribution < 1.29 is 9.53 Å². The van der Waals surface area contributed by atoms with Gasteiger partial charge in [0.2, 0.25) is 11.9 Å². The van der Waals surface area contributed by atoms with E-state index in [4.69, 9.17) is 9.72 Å². The fraction of sp³-hybridized carbons (Fsp3) is 0.773. The van der Waals surface area contributed by atoms with Crippen molar-refractivity contribution in [2.75, 3.05) is 44.3 Å². The van der Waals surface area contributed by atoms with E-state index in [1.54, 1.807) is 0 Å². The molecule has 0 aromatic carbocycles. The molecule has 8 nitrogen and oxygen atoms in total. The summed E-state index contributed by atoms with van der Waals surface area (Å²) in [4.78, 5) is 38.2.